The molecule has 0 saturated carbocycles. The predicted octanol–water partition coefficient (Wildman–Crippen LogP) is 2.86. The molecule has 0 aliphatic carbocycles. The topological polar surface area (TPSA) is 38.8 Å². The summed E-state index contributed by atoms with van der Waals surface area (Å²) in [6.07, 6.45) is 0.148. The number of ether oxygens (including phenoxy) is 2. The Morgan fingerprint density at radius 1 is 1.21 bits per heavy atom. The van der Waals surface area contributed by atoms with Crippen LogP contribution in [0.4, 0.5) is 5.69 Å². The molecule has 19 heavy (non-hydrogen) atoms. The Morgan fingerprint density at radius 2 is 1.74 bits per heavy atom. The second-order valence-corrected chi connectivity index (χ2v) is 5.27. The smallest absolute Gasteiger partial charge is 0.331 e. The summed E-state index contributed by atoms with van der Waals surface area (Å²) in [5.41, 5.74) is 0.223. The van der Waals surface area contributed by atoms with E-state index in [2.05, 4.69) is 0 Å². The fraction of sp³-hybridized carbons (Fsp3) is 0.533. The molecular formula is C15H23NO3. The fourth-order valence-electron chi connectivity index (χ4n) is 1.73. The van der Waals surface area contributed by atoms with Crippen LogP contribution in [0.2, 0.25) is 0 Å². The molecule has 0 unspecified atom stereocenters. The summed E-state index contributed by atoms with van der Waals surface area (Å²) in [6.45, 7) is 7.63. The third-order valence-corrected chi connectivity index (χ3v) is 3.12. The van der Waals surface area contributed by atoms with E-state index in [9.17, 15) is 4.79 Å². The first-order valence-corrected chi connectivity index (χ1v) is 6.38. The van der Waals surface area contributed by atoms with Crippen molar-refractivity contribution in [2.24, 2.45) is 0 Å². The molecule has 1 aromatic rings. The zero-order valence-electron chi connectivity index (χ0n) is 12.6. The van der Waals surface area contributed by atoms with Gasteiger partial charge in [0.1, 0.15) is 11.3 Å². The maximum Gasteiger partial charge on any atom is 0.331 e. The summed E-state index contributed by atoms with van der Waals surface area (Å²) in [5.74, 6) is 0.556. The van der Waals surface area contributed by atoms with Gasteiger partial charge in [0.15, 0.2) is 0 Å². The van der Waals surface area contributed by atoms with Gasteiger partial charge >= 0.3 is 5.97 Å². The van der Waals surface area contributed by atoms with Crippen molar-refractivity contribution in [3.05, 3.63) is 24.3 Å². The molecule has 0 bridgehead atoms. The highest BCUT2D eigenvalue weighted by Crippen LogP contribution is 2.25. The Labute approximate surface area is 115 Å². The quantitative estimate of drug-likeness (QED) is 0.767. The Hall–Kier alpha value is -1.71. The molecule has 0 heterocycles. The first-order valence-electron chi connectivity index (χ1n) is 6.38. The lowest BCUT2D eigenvalue weighted by molar-refractivity contribution is -0.145. The maximum absolute atomic E-state index is 11.8. The third-order valence-electron chi connectivity index (χ3n) is 3.12. The average molecular weight is 265 g/mol. The molecule has 4 nitrogen and oxygen atoms in total. The highest BCUT2D eigenvalue weighted by molar-refractivity contribution is 5.84. The van der Waals surface area contributed by atoms with Gasteiger partial charge < -0.3 is 14.4 Å². The van der Waals surface area contributed by atoms with E-state index in [1.807, 2.05) is 63.9 Å². The van der Waals surface area contributed by atoms with Crippen molar-refractivity contribution in [1.82, 2.24) is 0 Å². The molecule has 0 aliphatic rings. The van der Waals surface area contributed by atoms with Crippen LogP contribution in [0.5, 0.6) is 5.75 Å². The van der Waals surface area contributed by atoms with Gasteiger partial charge in [0.25, 0.3) is 0 Å². The van der Waals surface area contributed by atoms with Gasteiger partial charge in [-0.2, -0.15) is 0 Å². The van der Waals surface area contributed by atoms with Crippen molar-refractivity contribution in [1.29, 1.82) is 0 Å². The molecule has 0 amide bonds. The van der Waals surface area contributed by atoms with Crippen LogP contribution in [0.15, 0.2) is 24.3 Å². The van der Waals surface area contributed by atoms with E-state index >= 15 is 0 Å². The zero-order valence-corrected chi connectivity index (χ0v) is 12.6. The van der Waals surface area contributed by atoms with Gasteiger partial charge in [0.2, 0.25) is 0 Å². The van der Waals surface area contributed by atoms with E-state index in [1.165, 1.54) is 7.11 Å². The number of rotatable bonds is 5. The van der Waals surface area contributed by atoms with E-state index < -0.39 is 5.54 Å². The van der Waals surface area contributed by atoms with Gasteiger partial charge in [0, 0.05) is 12.7 Å². The third kappa shape index (κ3) is 3.63. The van der Waals surface area contributed by atoms with Crippen LogP contribution in [-0.4, -0.2) is 31.8 Å². The second-order valence-electron chi connectivity index (χ2n) is 5.27. The molecule has 106 valence electrons. The number of likely N-dealkylation sites (N-methyl/N-ethyl adjacent to an activating group) is 1. The summed E-state index contributed by atoms with van der Waals surface area (Å²) < 4.78 is 10.4. The van der Waals surface area contributed by atoms with Gasteiger partial charge in [-0.05, 0) is 52.0 Å². The van der Waals surface area contributed by atoms with Crippen LogP contribution in [0.25, 0.3) is 0 Å². The minimum Gasteiger partial charge on any atom is -0.491 e. The molecule has 0 fully saturated rings. The summed E-state index contributed by atoms with van der Waals surface area (Å²) in [4.78, 5) is 13.7. The van der Waals surface area contributed by atoms with Gasteiger partial charge in [-0.25, -0.2) is 4.79 Å². The van der Waals surface area contributed by atoms with Gasteiger partial charge in [-0.1, -0.05) is 0 Å². The molecule has 0 aliphatic heterocycles. The monoisotopic (exact) mass is 265 g/mol. The minimum atomic E-state index is -0.713. The summed E-state index contributed by atoms with van der Waals surface area (Å²) in [7, 11) is 3.27. The van der Waals surface area contributed by atoms with Crippen molar-refractivity contribution >= 4 is 11.7 Å². The summed E-state index contributed by atoms with van der Waals surface area (Å²) >= 11 is 0. The molecule has 1 rings (SSSR count). The number of nitrogens with zero attached hydrogens (tertiary/aromatic N) is 1. The number of esters is 1. The SMILES string of the molecule is COC(=O)C(C)(C)N(C)c1ccc(OC(C)C)cc1. The van der Waals surface area contributed by atoms with Crippen molar-refractivity contribution in [3.63, 3.8) is 0 Å². The van der Waals surface area contributed by atoms with Crippen molar-refractivity contribution < 1.29 is 14.3 Å². The summed E-state index contributed by atoms with van der Waals surface area (Å²) in [5, 5.41) is 0. The van der Waals surface area contributed by atoms with Crippen LogP contribution >= 0.6 is 0 Å². The molecule has 1 aromatic carbocycles. The lowest BCUT2D eigenvalue weighted by atomic mass is 10.0. The number of benzene rings is 1. The first kappa shape index (κ1) is 15.3. The lowest BCUT2D eigenvalue weighted by Gasteiger charge is -2.34. The van der Waals surface area contributed by atoms with Crippen molar-refractivity contribution in [3.8, 4) is 5.75 Å². The molecule has 0 spiro atoms. The lowest BCUT2D eigenvalue weighted by Crippen LogP contribution is -2.48. The molecule has 0 radical (unpaired) electrons. The highest BCUT2D eigenvalue weighted by Gasteiger charge is 2.33. The molecule has 0 atom stereocenters. The van der Waals surface area contributed by atoms with Crippen LogP contribution in [0.1, 0.15) is 27.7 Å². The number of hydrogen-bond acceptors (Lipinski definition) is 4. The Kier molecular flexibility index (Phi) is 4.81. The van der Waals surface area contributed by atoms with Gasteiger partial charge in [0.05, 0.1) is 13.2 Å². The van der Waals surface area contributed by atoms with Crippen LogP contribution in [0.3, 0.4) is 0 Å². The van der Waals surface area contributed by atoms with E-state index in [4.69, 9.17) is 9.47 Å². The predicted molar refractivity (Wildman–Crippen MR) is 76.7 cm³/mol. The maximum atomic E-state index is 11.8. The molecule has 0 N–H and O–H groups in total. The molecule has 4 heteroatoms. The van der Waals surface area contributed by atoms with Crippen molar-refractivity contribution in [2.75, 3.05) is 19.1 Å². The Morgan fingerprint density at radius 3 is 2.16 bits per heavy atom. The van der Waals surface area contributed by atoms with E-state index in [0.717, 1.165) is 11.4 Å². The van der Waals surface area contributed by atoms with Crippen LogP contribution in [-0.2, 0) is 9.53 Å². The normalized spacial score (nSPS) is 11.3. The Balaban J connectivity index is 2.88. The summed E-state index contributed by atoms with van der Waals surface area (Å²) in [6, 6.07) is 7.67. The number of carbonyl (C=O) groups excluding carboxylic acids is 1. The van der Waals surface area contributed by atoms with Gasteiger partial charge in [-0.15, -0.1) is 0 Å². The zero-order chi connectivity index (χ0) is 14.6. The Bertz CT molecular complexity index is 424. The standard InChI is InChI=1S/C15H23NO3/c1-11(2)19-13-9-7-12(8-10-13)16(5)15(3,4)14(17)18-6/h7-11H,1-6H3. The highest BCUT2D eigenvalue weighted by atomic mass is 16.5. The number of methoxy groups -OCH3 is 1. The fourth-order valence-corrected chi connectivity index (χ4v) is 1.73. The van der Waals surface area contributed by atoms with Gasteiger partial charge in [-0.3, -0.25) is 0 Å². The molecular weight excluding hydrogens is 242 g/mol. The number of anilines is 1. The van der Waals surface area contributed by atoms with E-state index in [-0.39, 0.29) is 12.1 Å². The number of carbonyl (C=O) groups is 1. The first-order chi connectivity index (χ1) is 8.78. The minimum absolute atomic E-state index is 0.148. The molecule has 0 saturated heterocycles. The second kappa shape index (κ2) is 5.95. The van der Waals surface area contributed by atoms with Crippen LogP contribution < -0.4 is 9.64 Å². The van der Waals surface area contributed by atoms with E-state index in [0.29, 0.717) is 0 Å². The number of hydrogen-bond donors (Lipinski definition) is 0. The van der Waals surface area contributed by atoms with Crippen molar-refractivity contribution in [2.45, 2.75) is 39.3 Å². The van der Waals surface area contributed by atoms with E-state index in [1.54, 1.807) is 0 Å². The molecule has 0 aromatic heterocycles. The largest absolute Gasteiger partial charge is 0.491 e. The van der Waals surface area contributed by atoms with Crippen LogP contribution in [0, 0.1) is 0 Å². The average Bonchev–Trinajstić information content (AvgIpc) is 2.37.